The molecule has 1 aromatic carbocycles. The average molecular weight is 203 g/mol. The highest BCUT2D eigenvalue weighted by Gasteiger charge is 2.11. The minimum atomic E-state index is 0.494. The van der Waals surface area contributed by atoms with E-state index >= 15 is 0 Å². The van der Waals surface area contributed by atoms with E-state index in [0.29, 0.717) is 17.4 Å². The number of rotatable bonds is 2. The molecule has 0 saturated heterocycles. The fraction of sp³-hybridized carbons (Fsp3) is 0.273. The third-order valence-electron chi connectivity index (χ3n) is 2.34. The smallest absolute Gasteiger partial charge is 0.260 e. The van der Waals surface area contributed by atoms with E-state index < -0.39 is 0 Å². The third-order valence-corrected chi connectivity index (χ3v) is 2.34. The molecule has 1 heterocycles. The lowest BCUT2D eigenvalue weighted by Crippen LogP contribution is -1.93. The van der Waals surface area contributed by atoms with Gasteiger partial charge in [-0.05, 0) is 18.6 Å². The van der Waals surface area contributed by atoms with E-state index in [-0.39, 0.29) is 0 Å². The highest BCUT2D eigenvalue weighted by molar-refractivity contribution is 5.72. The van der Waals surface area contributed by atoms with Crippen LogP contribution in [0.25, 0.3) is 11.5 Å². The Balaban J connectivity index is 2.49. The summed E-state index contributed by atoms with van der Waals surface area (Å²) in [5.74, 6) is 1.19. The number of nitrogens with two attached hydrogens (primary N) is 1. The van der Waals surface area contributed by atoms with Gasteiger partial charge in [0.05, 0.1) is 5.56 Å². The molecule has 0 bridgehead atoms. The van der Waals surface area contributed by atoms with Gasteiger partial charge < -0.3 is 10.3 Å². The summed E-state index contributed by atoms with van der Waals surface area (Å²) < 4.78 is 5.14. The van der Waals surface area contributed by atoms with Gasteiger partial charge in [0.2, 0.25) is 0 Å². The van der Waals surface area contributed by atoms with Gasteiger partial charge in [-0.15, -0.1) is 0 Å². The molecule has 78 valence electrons. The minimum absolute atomic E-state index is 0.494. The minimum Gasteiger partial charge on any atom is -0.398 e. The Morgan fingerprint density at radius 1 is 1.40 bits per heavy atom. The molecule has 0 saturated carbocycles. The predicted molar refractivity (Wildman–Crippen MR) is 58.3 cm³/mol. The van der Waals surface area contributed by atoms with Crippen LogP contribution in [0, 0.1) is 6.92 Å². The summed E-state index contributed by atoms with van der Waals surface area (Å²) in [7, 11) is 0. The first-order chi connectivity index (χ1) is 7.22. The number of aryl methyl sites for hydroxylation is 2. The van der Waals surface area contributed by atoms with E-state index in [4.69, 9.17) is 10.3 Å². The molecule has 2 N–H and O–H groups in total. The average Bonchev–Trinajstić information content (AvgIpc) is 2.70. The van der Waals surface area contributed by atoms with Crippen LogP contribution in [0.5, 0.6) is 0 Å². The first-order valence-electron chi connectivity index (χ1n) is 4.90. The van der Waals surface area contributed by atoms with Gasteiger partial charge >= 0.3 is 0 Å². The van der Waals surface area contributed by atoms with E-state index in [0.717, 1.165) is 17.5 Å². The monoisotopic (exact) mass is 203 g/mol. The van der Waals surface area contributed by atoms with Crippen molar-refractivity contribution in [3.05, 3.63) is 29.6 Å². The molecule has 1 aromatic heterocycles. The Labute approximate surface area is 88.1 Å². The summed E-state index contributed by atoms with van der Waals surface area (Å²) in [6.45, 7) is 3.93. The molecule has 4 heteroatoms. The second-order valence-corrected chi connectivity index (χ2v) is 3.41. The maximum atomic E-state index is 5.94. The zero-order valence-corrected chi connectivity index (χ0v) is 8.82. The first-order valence-corrected chi connectivity index (χ1v) is 4.90. The van der Waals surface area contributed by atoms with Crippen LogP contribution >= 0.6 is 0 Å². The maximum Gasteiger partial charge on any atom is 0.260 e. The molecule has 0 unspecified atom stereocenters. The van der Waals surface area contributed by atoms with Crippen molar-refractivity contribution in [1.82, 2.24) is 10.1 Å². The molecular weight excluding hydrogens is 190 g/mol. The molecular formula is C11H13N3O. The Kier molecular flexibility index (Phi) is 2.41. The molecule has 2 rings (SSSR count). The quantitative estimate of drug-likeness (QED) is 0.760. The van der Waals surface area contributed by atoms with E-state index in [9.17, 15) is 0 Å². The van der Waals surface area contributed by atoms with Gasteiger partial charge in [0.25, 0.3) is 5.89 Å². The van der Waals surface area contributed by atoms with E-state index in [1.807, 2.05) is 32.0 Å². The number of benzene rings is 1. The molecule has 15 heavy (non-hydrogen) atoms. The van der Waals surface area contributed by atoms with Gasteiger partial charge in [-0.3, -0.25) is 0 Å². The Hall–Kier alpha value is -1.84. The van der Waals surface area contributed by atoms with Crippen molar-refractivity contribution < 1.29 is 4.52 Å². The largest absolute Gasteiger partial charge is 0.398 e. The second-order valence-electron chi connectivity index (χ2n) is 3.41. The van der Waals surface area contributed by atoms with Crippen LogP contribution < -0.4 is 5.73 Å². The lowest BCUT2D eigenvalue weighted by molar-refractivity contribution is 0.423. The van der Waals surface area contributed by atoms with Gasteiger partial charge in [-0.1, -0.05) is 24.2 Å². The standard InChI is InChI=1S/C11H13N3O/c1-3-9-13-11(15-14-9)8-6-4-5-7(2)10(8)12/h4-6H,3,12H2,1-2H3. The maximum absolute atomic E-state index is 5.94. The van der Waals surface area contributed by atoms with Crippen LogP contribution in [0.15, 0.2) is 22.7 Å². The molecule has 0 atom stereocenters. The van der Waals surface area contributed by atoms with Crippen molar-refractivity contribution >= 4 is 5.69 Å². The molecule has 0 aliphatic rings. The van der Waals surface area contributed by atoms with Gasteiger partial charge in [-0.25, -0.2) is 0 Å². The van der Waals surface area contributed by atoms with Crippen molar-refractivity contribution in [1.29, 1.82) is 0 Å². The Morgan fingerprint density at radius 3 is 2.87 bits per heavy atom. The van der Waals surface area contributed by atoms with E-state index in [2.05, 4.69) is 10.1 Å². The summed E-state index contributed by atoms with van der Waals surface area (Å²) in [4.78, 5) is 4.24. The topological polar surface area (TPSA) is 64.9 Å². The lowest BCUT2D eigenvalue weighted by atomic mass is 10.1. The molecule has 0 aliphatic heterocycles. The summed E-state index contributed by atoms with van der Waals surface area (Å²) >= 11 is 0. The summed E-state index contributed by atoms with van der Waals surface area (Å²) in [5, 5.41) is 3.84. The van der Waals surface area contributed by atoms with Crippen molar-refractivity contribution in [2.45, 2.75) is 20.3 Å². The number of para-hydroxylation sites is 1. The third kappa shape index (κ3) is 1.70. The van der Waals surface area contributed by atoms with Crippen LogP contribution in [-0.2, 0) is 6.42 Å². The van der Waals surface area contributed by atoms with Crippen molar-refractivity contribution in [2.24, 2.45) is 0 Å². The van der Waals surface area contributed by atoms with Crippen LogP contribution in [0.1, 0.15) is 18.3 Å². The first kappa shape index (κ1) is 9.71. The highest BCUT2D eigenvalue weighted by Crippen LogP contribution is 2.26. The van der Waals surface area contributed by atoms with Gasteiger partial charge in [0.15, 0.2) is 5.82 Å². The normalized spacial score (nSPS) is 10.5. The number of hydrogen-bond acceptors (Lipinski definition) is 4. The lowest BCUT2D eigenvalue weighted by Gasteiger charge is -2.02. The van der Waals surface area contributed by atoms with Crippen LogP contribution in [0.2, 0.25) is 0 Å². The Bertz CT molecular complexity index is 476. The number of nitrogens with zero attached hydrogens (tertiary/aromatic N) is 2. The Morgan fingerprint density at radius 2 is 2.20 bits per heavy atom. The number of aromatic nitrogens is 2. The molecule has 0 amide bonds. The molecule has 4 nitrogen and oxygen atoms in total. The number of hydrogen-bond donors (Lipinski definition) is 1. The van der Waals surface area contributed by atoms with E-state index in [1.54, 1.807) is 0 Å². The van der Waals surface area contributed by atoms with Crippen LogP contribution in [0.3, 0.4) is 0 Å². The second kappa shape index (κ2) is 3.73. The van der Waals surface area contributed by atoms with Crippen molar-refractivity contribution in [3.63, 3.8) is 0 Å². The summed E-state index contributed by atoms with van der Waals surface area (Å²) in [6, 6.07) is 5.77. The van der Waals surface area contributed by atoms with Gasteiger partial charge in [0, 0.05) is 12.1 Å². The van der Waals surface area contributed by atoms with Gasteiger partial charge in [-0.2, -0.15) is 4.98 Å². The SMILES string of the molecule is CCc1noc(-c2cccc(C)c2N)n1. The van der Waals surface area contributed by atoms with E-state index in [1.165, 1.54) is 0 Å². The van der Waals surface area contributed by atoms with Crippen LogP contribution in [0.4, 0.5) is 5.69 Å². The van der Waals surface area contributed by atoms with Gasteiger partial charge in [0.1, 0.15) is 0 Å². The molecule has 0 radical (unpaired) electrons. The zero-order valence-electron chi connectivity index (χ0n) is 8.82. The van der Waals surface area contributed by atoms with Crippen LogP contribution in [-0.4, -0.2) is 10.1 Å². The number of anilines is 1. The molecule has 0 fully saturated rings. The van der Waals surface area contributed by atoms with Crippen molar-refractivity contribution in [3.8, 4) is 11.5 Å². The summed E-state index contributed by atoms with van der Waals surface area (Å²) in [6.07, 6.45) is 0.759. The molecule has 0 aliphatic carbocycles. The molecule has 2 aromatic rings. The predicted octanol–water partition coefficient (Wildman–Crippen LogP) is 2.19. The summed E-state index contributed by atoms with van der Waals surface area (Å²) in [5.41, 5.74) is 8.46. The fourth-order valence-corrected chi connectivity index (χ4v) is 1.37. The molecule has 0 spiro atoms. The van der Waals surface area contributed by atoms with Crippen molar-refractivity contribution in [2.75, 3.05) is 5.73 Å². The number of nitrogen functional groups attached to an aromatic ring is 1. The highest BCUT2D eigenvalue weighted by atomic mass is 16.5. The zero-order chi connectivity index (χ0) is 10.8. The fourth-order valence-electron chi connectivity index (χ4n) is 1.37.